The maximum Gasteiger partial charge on any atom is 0.410 e. The summed E-state index contributed by atoms with van der Waals surface area (Å²) in [5, 5.41) is 3.45. The second kappa shape index (κ2) is 7.20. The molecule has 1 aliphatic heterocycles. The van der Waals surface area contributed by atoms with E-state index in [1.165, 1.54) is 0 Å². The van der Waals surface area contributed by atoms with Gasteiger partial charge in [-0.15, -0.1) is 0 Å². The first-order valence-corrected chi connectivity index (χ1v) is 8.53. The Labute approximate surface area is 139 Å². The molecule has 5 heteroatoms. The lowest BCUT2D eigenvalue weighted by Crippen LogP contribution is -2.36. The Morgan fingerprint density at radius 3 is 2.91 bits per heavy atom. The number of nitrogens with zero attached hydrogens (tertiary/aromatic N) is 2. The van der Waals surface area contributed by atoms with Crippen LogP contribution in [0, 0.1) is 0 Å². The Morgan fingerprint density at radius 2 is 2.26 bits per heavy atom. The SMILES string of the molecule is CC[C@H](C)Nc1ncccc1[C@H]1CCCN1C(=O)OC(C)(C)C. The Kier molecular flexibility index (Phi) is 5.50. The summed E-state index contributed by atoms with van der Waals surface area (Å²) >= 11 is 0. The van der Waals surface area contributed by atoms with Crippen molar-refractivity contribution in [2.45, 2.75) is 71.6 Å². The highest BCUT2D eigenvalue weighted by atomic mass is 16.6. The van der Waals surface area contributed by atoms with Crippen LogP contribution >= 0.6 is 0 Å². The summed E-state index contributed by atoms with van der Waals surface area (Å²) in [6, 6.07) is 4.37. The number of anilines is 1. The Hall–Kier alpha value is -1.78. The van der Waals surface area contributed by atoms with Gasteiger partial charge in [-0.3, -0.25) is 0 Å². The third-order valence-electron chi connectivity index (χ3n) is 4.07. The molecule has 1 N–H and O–H groups in total. The van der Waals surface area contributed by atoms with E-state index in [9.17, 15) is 4.79 Å². The molecule has 128 valence electrons. The number of nitrogens with one attached hydrogen (secondary N) is 1. The minimum absolute atomic E-state index is 0.0325. The summed E-state index contributed by atoms with van der Waals surface area (Å²) < 4.78 is 5.56. The summed E-state index contributed by atoms with van der Waals surface area (Å²) in [6.07, 6.45) is 4.51. The van der Waals surface area contributed by atoms with Crippen molar-refractivity contribution in [2.24, 2.45) is 0 Å². The highest BCUT2D eigenvalue weighted by Gasteiger charge is 2.34. The Balaban J connectivity index is 2.21. The van der Waals surface area contributed by atoms with Crippen molar-refractivity contribution in [3.8, 4) is 0 Å². The van der Waals surface area contributed by atoms with Gasteiger partial charge in [-0.1, -0.05) is 13.0 Å². The average molecular weight is 319 g/mol. The lowest BCUT2D eigenvalue weighted by atomic mass is 10.0. The first-order chi connectivity index (χ1) is 10.8. The van der Waals surface area contributed by atoms with Crippen LogP contribution in [0.25, 0.3) is 0 Å². The molecule has 1 aliphatic rings. The molecule has 23 heavy (non-hydrogen) atoms. The lowest BCUT2D eigenvalue weighted by molar-refractivity contribution is 0.0225. The molecule has 2 atom stereocenters. The van der Waals surface area contributed by atoms with Gasteiger partial charge in [0.2, 0.25) is 0 Å². The molecule has 0 aliphatic carbocycles. The molecular formula is C18H29N3O2. The van der Waals surface area contributed by atoms with E-state index < -0.39 is 5.60 Å². The van der Waals surface area contributed by atoms with Crippen LogP contribution in [0.2, 0.25) is 0 Å². The van der Waals surface area contributed by atoms with Crippen molar-refractivity contribution in [2.75, 3.05) is 11.9 Å². The number of rotatable bonds is 4. The van der Waals surface area contributed by atoms with Gasteiger partial charge in [0, 0.05) is 24.3 Å². The number of carbonyl (C=O) groups is 1. The molecular weight excluding hydrogens is 290 g/mol. The molecule has 0 bridgehead atoms. The van der Waals surface area contributed by atoms with Crippen LogP contribution in [-0.2, 0) is 4.74 Å². The number of pyridine rings is 1. The van der Waals surface area contributed by atoms with Gasteiger partial charge in [-0.2, -0.15) is 0 Å². The number of hydrogen-bond acceptors (Lipinski definition) is 4. The van der Waals surface area contributed by atoms with Crippen LogP contribution in [0.4, 0.5) is 10.6 Å². The average Bonchev–Trinajstić information content (AvgIpc) is 2.95. The van der Waals surface area contributed by atoms with Crippen molar-refractivity contribution in [3.63, 3.8) is 0 Å². The maximum absolute atomic E-state index is 12.5. The van der Waals surface area contributed by atoms with Crippen molar-refractivity contribution < 1.29 is 9.53 Å². The third-order valence-corrected chi connectivity index (χ3v) is 4.07. The zero-order valence-electron chi connectivity index (χ0n) is 14.9. The number of likely N-dealkylation sites (tertiary alicyclic amines) is 1. The smallest absolute Gasteiger partial charge is 0.410 e. The predicted octanol–water partition coefficient (Wildman–Crippen LogP) is 4.36. The topological polar surface area (TPSA) is 54.5 Å². The zero-order chi connectivity index (χ0) is 17.0. The van der Waals surface area contributed by atoms with Crippen LogP contribution < -0.4 is 5.32 Å². The quantitative estimate of drug-likeness (QED) is 0.895. The number of aromatic nitrogens is 1. The van der Waals surface area contributed by atoms with Crippen LogP contribution in [0.1, 0.15) is 65.5 Å². The van der Waals surface area contributed by atoms with Crippen molar-refractivity contribution in [1.82, 2.24) is 9.88 Å². The molecule has 2 rings (SSSR count). The molecule has 2 heterocycles. The number of ether oxygens (including phenoxy) is 1. The minimum atomic E-state index is -0.475. The minimum Gasteiger partial charge on any atom is -0.444 e. The summed E-state index contributed by atoms with van der Waals surface area (Å²) in [4.78, 5) is 18.8. The van der Waals surface area contributed by atoms with E-state index in [1.54, 1.807) is 6.20 Å². The van der Waals surface area contributed by atoms with Crippen LogP contribution in [-0.4, -0.2) is 34.2 Å². The number of amides is 1. The molecule has 5 nitrogen and oxygen atoms in total. The molecule has 0 saturated carbocycles. The normalized spacial score (nSPS) is 19.5. The van der Waals surface area contributed by atoms with Crippen LogP contribution in [0.5, 0.6) is 0 Å². The molecule has 1 aromatic heterocycles. The predicted molar refractivity (Wildman–Crippen MR) is 92.5 cm³/mol. The second-order valence-corrected chi connectivity index (χ2v) is 7.23. The molecule has 1 saturated heterocycles. The van der Waals surface area contributed by atoms with E-state index in [0.29, 0.717) is 6.04 Å². The van der Waals surface area contributed by atoms with Gasteiger partial charge in [0.1, 0.15) is 11.4 Å². The van der Waals surface area contributed by atoms with Gasteiger partial charge in [0.25, 0.3) is 0 Å². The van der Waals surface area contributed by atoms with Gasteiger partial charge < -0.3 is 15.0 Å². The molecule has 0 spiro atoms. The van der Waals surface area contributed by atoms with E-state index in [2.05, 4.69) is 30.2 Å². The highest BCUT2D eigenvalue weighted by Crippen LogP contribution is 2.36. The summed E-state index contributed by atoms with van der Waals surface area (Å²) in [5.74, 6) is 0.877. The monoisotopic (exact) mass is 319 g/mol. The molecule has 0 unspecified atom stereocenters. The lowest BCUT2D eigenvalue weighted by Gasteiger charge is -2.29. The van der Waals surface area contributed by atoms with Crippen molar-refractivity contribution >= 4 is 11.9 Å². The van der Waals surface area contributed by atoms with Crippen LogP contribution in [0.15, 0.2) is 18.3 Å². The Morgan fingerprint density at radius 1 is 1.52 bits per heavy atom. The number of carbonyl (C=O) groups excluding carboxylic acids is 1. The number of hydrogen-bond donors (Lipinski definition) is 1. The largest absolute Gasteiger partial charge is 0.444 e. The zero-order valence-corrected chi connectivity index (χ0v) is 14.9. The molecule has 1 fully saturated rings. The standard InChI is InChI=1S/C18H29N3O2/c1-6-13(2)20-16-14(9-7-11-19-16)15-10-8-12-21(15)17(22)23-18(3,4)5/h7,9,11,13,15H,6,8,10,12H2,1-5H3,(H,19,20)/t13-,15+/m0/s1. The second-order valence-electron chi connectivity index (χ2n) is 7.23. The third kappa shape index (κ3) is 4.60. The van der Waals surface area contributed by atoms with Gasteiger partial charge in [-0.25, -0.2) is 9.78 Å². The molecule has 1 amide bonds. The van der Waals surface area contributed by atoms with Crippen molar-refractivity contribution in [3.05, 3.63) is 23.9 Å². The maximum atomic E-state index is 12.5. The van der Waals surface area contributed by atoms with E-state index >= 15 is 0 Å². The summed E-state index contributed by atoms with van der Waals surface area (Å²) in [7, 11) is 0. The van der Waals surface area contributed by atoms with E-state index in [-0.39, 0.29) is 12.1 Å². The Bertz CT molecular complexity index is 539. The fraction of sp³-hybridized carbons (Fsp3) is 0.667. The summed E-state index contributed by atoms with van der Waals surface area (Å²) in [5.41, 5.74) is 0.605. The van der Waals surface area contributed by atoms with Crippen LogP contribution in [0.3, 0.4) is 0 Å². The molecule has 1 aromatic rings. The van der Waals surface area contributed by atoms with Gasteiger partial charge in [0.05, 0.1) is 6.04 Å². The molecule has 0 aromatic carbocycles. The van der Waals surface area contributed by atoms with Gasteiger partial charge >= 0.3 is 6.09 Å². The summed E-state index contributed by atoms with van der Waals surface area (Å²) in [6.45, 7) is 10.7. The van der Waals surface area contributed by atoms with E-state index in [1.807, 2.05) is 31.7 Å². The van der Waals surface area contributed by atoms with Crippen molar-refractivity contribution in [1.29, 1.82) is 0 Å². The first-order valence-electron chi connectivity index (χ1n) is 8.53. The van der Waals surface area contributed by atoms with E-state index in [4.69, 9.17) is 4.74 Å². The first kappa shape index (κ1) is 17.6. The highest BCUT2D eigenvalue weighted by molar-refractivity contribution is 5.70. The molecule has 0 radical (unpaired) electrons. The van der Waals surface area contributed by atoms with Gasteiger partial charge in [-0.05, 0) is 53.0 Å². The van der Waals surface area contributed by atoms with Gasteiger partial charge in [0.15, 0.2) is 0 Å². The van der Waals surface area contributed by atoms with E-state index in [0.717, 1.165) is 37.2 Å². The fourth-order valence-electron chi connectivity index (χ4n) is 2.77. The fourth-order valence-corrected chi connectivity index (χ4v) is 2.77.